The fourth-order valence-electron chi connectivity index (χ4n) is 2.23. The molecular formula is C17H22N4O7. The number of primary amides is 1. The number of hydrogen-bond acceptors (Lipinski definition) is 6. The minimum absolute atomic E-state index is 0.160. The fraction of sp³-hybridized carbons (Fsp3) is 0.353. The van der Waals surface area contributed by atoms with Crippen LogP contribution in [0.25, 0.3) is 0 Å². The van der Waals surface area contributed by atoms with Gasteiger partial charge in [-0.15, -0.1) is 0 Å². The molecule has 0 bridgehead atoms. The minimum atomic E-state index is -1.46. The van der Waals surface area contributed by atoms with Gasteiger partial charge in [0.2, 0.25) is 11.8 Å². The molecule has 2 atom stereocenters. The van der Waals surface area contributed by atoms with Crippen molar-refractivity contribution in [1.29, 1.82) is 0 Å². The summed E-state index contributed by atoms with van der Waals surface area (Å²) < 4.78 is 0. The van der Waals surface area contributed by atoms with Gasteiger partial charge in [-0.2, -0.15) is 0 Å². The van der Waals surface area contributed by atoms with Crippen LogP contribution in [0.2, 0.25) is 0 Å². The largest absolute Gasteiger partial charge is 0.481 e. The Hall–Kier alpha value is -3.63. The number of benzene rings is 1. The second-order valence-corrected chi connectivity index (χ2v) is 5.98. The van der Waals surface area contributed by atoms with E-state index in [1.807, 2.05) is 0 Å². The molecule has 3 amide bonds. The highest BCUT2D eigenvalue weighted by atomic mass is 16.4. The number of carbonyl (C=O) groups excluding carboxylic acids is 3. The third-order valence-electron chi connectivity index (χ3n) is 3.74. The van der Waals surface area contributed by atoms with E-state index in [0.717, 1.165) is 0 Å². The van der Waals surface area contributed by atoms with Gasteiger partial charge in [0.25, 0.3) is 5.91 Å². The fourth-order valence-corrected chi connectivity index (χ4v) is 2.23. The Morgan fingerprint density at radius 1 is 0.893 bits per heavy atom. The summed E-state index contributed by atoms with van der Waals surface area (Å²) in [6.45, 7) is 0. The van der Waals surface area contributed by atoms with Gasteiger partial charge in [0.1, 0.15) is 12.1 Å². The van der Waals surface area contributed by atoms with Gasteiger partial charge in [-0.25, -0.2) is 4.79 Å². The van der Waals surface area contributed by atoms with Crippen LogP contribution >= 0.6 is 0 Å². The van der Waals surface area contributed by atoms with Gasteiger partial charge < -0.3 is 32.3 Å². The van der Waals surface area contributed by atoms with Crippen LogP contribution in [-0.2, 0) is 19.2 Å². The normalized spacial score (nSPS) is 12.4. The van der Waals surface area contributed by atoms with E-state index >= 15 is 0 Å². The summed E-state index contributed by atoms with van der Waals surface area (Å²) in [5.41, 5.74) is 11.3. The van der Waals surface area contributed by atoms with Crippen LogP contribution in [0.1, 0.15) is 36.0 Å². The van der Waals surface area contributed by atoms with Crippen LogP contribution in [0.5, 0.6) is 0 Å². The average Bonchev–Trinajstić information content (AvgIpc) is 2.61. The number of anilines is 1. The van der Waals surface area contributed by atoms with Crippen LogP contribution in [0.15, 0.2) is 24.3 Å². The molecule has 1 aromatic rings. The number of aliphatic carboxylic acids is 2. The van der Waals surface area contributed by atoms with Crippen molar-refractivity contribution in [3.8, 4) is 0 Å². The van der Waals surface area contributed by atoms with E-state index in [4.69, 9.17) is 21.7 Å². The molecule has 152 valence electrons. The highest BCUT2D eigenvalue weighted by molar-refractivity contribution is 5.98. The molecule has 0 aliphatic carbocycles. The lowest BCUT2D eigenvalue weighted by atomic mass is 10.1. The lowest BCUT2D eigenvalue weighted by Crippen LogP contribution is -2.52. The van der Waals surface area contributed by atoms with E-state index in [0.29, 0.717) is 5.69 Å². The highest BCUT2D eigenvalue weighted by Gasteiger charge is 2.27. The van der Waals surface area contributed by atoms with Crippen molar-refractivity contribution in [2.75, 3.05) is 5.73 Å². The SMILES string of the molecule is NC(=O)CC[C@H](NC(=O)c1ccc(N)cc1)C(=O)N[C@@H](CCC(=O)O)C(=O)O. The quantitative estimate of drug-likeness (QED) is 0.258. The number of nitrogen functional groups attached to an aromatic ring is 1. The van der Waals surface area contributed by atoms with Crippen molar-refractivity contribution in [3.05, 3.63) is 29.8 Å². The summed E-state index contributed by atoms with van der Waals surface area (Å²) in [6, 6.07) is 3.12. The number of carboxylic acids is 2. The van der Waals surface area contributed by atoms with Gasteiger partial charge in [0, 0.05) is 24.1 Å². The summed E-state index contributed by atoms with van der Waals surface area (Å²) in [5, 5.41) is 22.4. The molecule has 0 aromatic heterocycles. The van der Waals surface area contributed by atoms with Gasteiger partial charge in [-0.1, -0.05) is 0 Å². The number of hydrogen-bond donors (Lipinski definition) is 6. The molecule has 1 rings (SSSR count). The second-order valence-electron chi connectivity index (χ2n) is 5.98. The van der Waals surface area contributed by atoms with Gasteiger partial charge in [0.15, 0.2) is 0 Å². The Morgan fingerprint density at radius 3 is 1.96 bits per heavy atom. The predicted octanol–water partition coefficient (Wildman–Crippen LogP) is -0.933. The second kappa shape index (κ2) is 10.5. The van der Waals surface area contributed by atoms with Crippen LogP contribution in [-0.4, -0.2) is 52.0 Å². The van der Waals surface area contributed by atoms with Gasteiger partial charge in [-0.3, -0.25) is 19.2 Å². The molecule has 0 saturated heterocycles. The van der Waals surface area contributed by atoms with Crippen LogP contribution in [0, 0.1) is 0 Å². The zero-order valence-corrected chi connectivity index (χ0v) is 14.9. The van der Waals surface area contributed by atoms with Crippen LogP contribution in [0.4, 0.5) is 5.69 Å². The average molecular weight is 394 g/mol. The first kappa shape index (κ1) is 22.4. The first-order valence-electron chi connectivity index (χ1n) is 8.29. The number of carboxylic acid groups (broad SMARTS) is 2. The molecule has 0 fully saturated rings. The zero-order valence-electron chi connectivity index (χ0n) is 14.9. The summed E-state index contributed by atoms with van der Waals surface area (Å²) in [5.74, 6) is -4.86. The van der Waals surface area contributed by atoms with Gasteiger partial charge >= 0.3 is 11.9 Å². The molecule has 0 heterocycles. The molecule has 0 radical (unpaired) electrons. The summed E-state index contributed by atoms with van der Waals surface area (Å²) >= 11 is 0. The van der Waals surface area contributed by atoms with Gasteiger partial charge in [0.05, 0.1) is 0 Å². The van der Waals surface area contributed by atoms with Crippen molar-refractivity contribution in [1.82, 2.24) is 10.6 Å². The number of nitrogens with two attached hydrogens (primary N) is 2. The molecule has 28 heavy (non-hydrogen) atoms. The van der Waals surface area contributed by atoms with Crippen LogP contribution in [0.3, 0.4) is 0 Å². The van der Waals surface area contributed by atoms with Crippen molar-refractivity contribution in [2.24, 2.45) is 5.73 Å². The predicted molar refractivity (Wildman–Crippen MR) is 97.0 cm³/mol. The maximum Gasteiger partial charge on any atom is 0.326 e. The van der Waals surface area contributed by atoms with E-state index in [-0.39, 0.29) is 24.8 Å². The maximum atomic E-state index is 12.4. The molecule has 0 unspecified atom stereocenters. The van der Waals surface area contributed by atoms with Crippen LogP contribution < -0.4 is 22.1 Å². The molecule has 0 aliphatic heterocycles. The Balaban J connectivity index is 2.88. The molecule has 0 saturated carbocycles. The standard InChI is InChI=1S/C17H22N4O7/c18-10-3-1-9(2-4-10)15(25)20-11(5-7-13(19)22)16(26)21-12(17(27)28)6-8-14(23)24/h1-4,11-12H,5-8,18H2,(H2,19,22)(H,20,25)(H,21,26)(H,23,24)(H,27,28)/t11-,12-/m0/s1. The molecular weight excluding hydrogens is 372 g/mol. The monoisotopic (exact) mass is 394 g/mol. The first-order valence-corrected chi connectivity index (χ1v) is 8.29. The number of amides is 3. The number of nitrogens with one attached hydrogen (secondary N) is 2. The van der Waals surface area contributed by atoms with Crippen molar-refractivity contribution < 1.29 is 34.2 Å². The lowest BCUT2D eigenvalue weighted by Gasteiger charge is -2.21. The summed E-state index contributed by atoms with van der Waals surface area (Å²) in [6.07, 6.45) is -1.20. The highest BCUT2D eigenvalue weighted by Crippen LogP contribution is 2.08. The van der Waals surface area contributed by atoms with Crippen molar-refractivity contribution in [3.63, 3.8) is 0 Å². The molecule has 0 spiro atoms. The third kappa shape index (κ3) is 7.72. The van der Waals surface area contributed by atoms with Gasteiger partial charge in [-0.05, 0) is 37.1 Å². The third-order valence-corrected chi connectivity index (χ3v) is 3.74. The summed E-state index contributed by atoms with van der Waals surface area (Å²) in [7, 11) is 0. The molecule has 11 heteroatoms. The van der Waals surface area contributed by atoms with E-state index in [9.17, 15) is 24.0 Å². The Morgan fingerprint density at radius 2 is 1.46 bits per heavy atom. The first-order chi connectivity index (χ1) is 13.1. The number of rotatable bonds is 11. The Labute approximate surface area is 160 Å². The smallest absolute Gasteiger partial charge is 0.326 e. The summed E-state index contributed by atoms with van der Waals surface area (Å²) in [4.78, 5) is 57.6. The molecule has 0 aliphatic rings. The molecule has 1 aromatic carbocycles. The Kier molecular flexibility index (Phi) is 8.41. The van der Waals surface area contributed by atoms with Crippen molar-refractivity contribution in [2.45, 2.75) is 37.8 Å². The molecule has 8 N–H and O–H groups in total. The lowest BCUT2D eigenvalue weighted by molar-refractivity contribution is -0.143. The van der Waals surface area contributed by atoms with E-state index in [2.05, 4.69) is 10.6 Å². The van der Waals surface area contributed by atoms with E-state index in [1.165, 1.54) is 24.3 Å². The topological polar surface area (TPSA) is 202 Å². The minimum Gasteiger partial charge on any atom is -0.481 e. The maximum absolute atomic E-state index is 12.4. The zero-order chi connectivity index (χ0) is 21.3. The van der Waals surface area contributed by atoms with E-state index in [1.54, 1.807) is 0 Å². The van der Waals surface area contributed by atoms with Crippen molar-refractivity contribution >= 4 is 35.3 Å². The molecule has 11 nitrogen and oxygen atoms in total. The van der Waals surface area contributed by atoms with E-state index < -0.39 is 48.2 Å². The Bertz CT molecular complexity index is 748. The number of carbonyl (C=O) groups is 5.